The molecule has 6 nitrogen and oxygen atoms in total. The SMILES string of the molecule is Cc1cc(C(=O)CSc2nnc3c(Cl)cc(C(F)(F)F)cn23)c(C)n1CC1CCCO1. The standard InChI is InChI=1S/C20H20ClF3N4O2S/c1-11-6-15(12(2)27(11)9-14-4-3-5-30-14)17(29)10-31-19-26-25-18-16(21)7-13(8-28(18)19)20(22,23)24/h6-8,14H,3-5,9-10H2,1-2H3. The highest BCUT2D eigenvalue weighted by Crippen LogP contribution is 2.33. The molecule has 3 aromatic rings. The van der Waals surface area contributed by atoms with Crippen molar-refractivity contribution in [2.75, 3.05) is 12.4 Å². The monoisotopic (exact) mass is 472 g/mol. The summed E-state index contributed by atoms with van der Waals surface area (Å²) in [4.78, 5) is 12.9. The molecule has 0 saturated carbocycles. The molecule has 0 aromatic carbocycles. The van der Waals surface area contributed by atoms with Crippen LogP contribution in [0.5, 0.6) is 0 Å². The van der Waals surface area contributed by atoms with Gasteiger partial charge in [0, 0.05) is 36.3 Å². The molecule has 0 spiro atoms. The minimum Gasteiger partial charge on any atom is -0.376 e. The largest absolute Gasteiger partial charge is 0.417 e. The summed E-state index contributed by atoms with van der Waals surface area (Å²) in [6.07, 6.45) is -1.48. The second-order valence-corrected chi connectivity index (χ2v) is 8.84. The quantitative estimate of drug-likeness (QED) is 0.374. The maximum Gasteiger partial charge on any atom is 0.417 e. The fraction of sp³-hybridized carbons (Fsp3) is 0.450. The molecule has 11 heteroatoms. The molecular formula is C20H20ClF3N4O2S. The number of carbonyl (C=O) groups is 1. The Morgan fingerprint density at radius 1 is 1.32 bits per heavy atom. The van der Waals surface area contributed by atoms with Crippen molar-refractivity contribution in [3.05, 3.63) is 45.9 Å². The molecule has 1 aliphatic rings. The Hall–Kier alpha value is -2.04. The second kappa shape index (κ2) is 8.48. The predicted octanol–water partition coefficient (Wildman–Crippen LogP) is 4.97. The van der Waals surface area contributed by atoms with E-state index in [0.29, 0.717) is 12.1 Å². The van der Waals surface area contributed by atoms with Crippen LogP contribution in [0.15, 0.2) is 23.5 Å². The van der Waals surface area contributed by atoms with Crippen LogP contribution in [0.4, 0.5) is 13.2 Å². The third-order valence-electron chi connectivity index (χ3n) is 5.37. The van der Waals surface area contributed by atoms with Gasteiger partial charge in [-0.25, -0.2) is 0 Å². The van der Waals surface area contributed by atoms with E-state index >= 15 is 0 Å². The summed E-state index contributed by atoms with van der Waals surface area (Å²) in [5, 5.41) is 7.77. The summed E-state index contributed by atoms with van der Waals surface area (Å²) in [5.74, 6) is -0.120. The number of rotatable bonds is 6. The number of hydrogen-bond donors (Lipinski definition) is 0. The van der Waals surface area contributed by atoms with Gasteiger partial charge in [-0.2, -0.15) is 13.2 Å². The zero-order valence-corrected chi connectivity index (χ0v) is 18.4. The Labute approximate surface area is 185 Å². The average molecular weight is 473 g/mol. The number of alkyl halides is 3. The Bertz CT molecular complexity index is 1140. The highest BCUT2D eigenvalue weighted by atomic mass is 35.5. The number of Topliss-reactive ketones (excluding diaryl/α,β-unsaturated/α-hetero) is 1. The number of pyridine rings is 1. The molecule has 1 fully saturated rings. The van der Waals surface area contributed by atoms with Crippen LogP contribution < -0.4 is 0 Å². The lowest BCUT2D eigenvalue weighted by Crippen LogP contribution is -2.17. The number of halogens is 4. The van der Waals surface area contributed by atoms with Crippen molar-refractivity contribution in [3.8, 4) is 0 Å². The molecule has 4 heterocycles. The van der Waals surface area contributed by atoms with Crippen LogP contribution in [-0.4, -0.2) is 43.4 Å². The first kappa shape index (κ1) is 22.2. The molecule has 31 heavy (non-hydrogen) atoms. The van der Waals surface area contributed by atoms with E-state index < -0.39 is 11.7 Å². The molecular weight excluding hydrogens is 453 g/mol. The maximum atomic E-state index is 13.1. The highest BCUT2D eigenvalue weighted by molar-refractivity contribution is 7.99. The molecule has 0 amide bonds. The van der Waals surface area contributed by atoms with E-state index in [1.165, 1.54) is 4.40 Å². The molecule has 1 aliphatic heterocycles. The van der Waals surface area contributed by atoms with E-state index in [1.54, 1.807) is 0 Å². The molecule has 0 bridgehead atoms. The van der Waals surface area contributed by atoms with Crippen LogP contribution in [0.25, 0.3) is 5.65 Å². The van der Waals surface area contributed by atoms with E-state index in [9.17, 15) is 18.0 Å². The van der Waals surface area contributed by atoms with Crippen LogP contribution in [0.2, 0.25) is 5.02 Å². The number of aryl methyl sites for hydroxylation is 1. The number of ketones is 1. The van der Waals surface area contributed by atoms with Crippen molar-refractivity contribution >= 4 is 34.8 Å². The average Bonchev–Trinajstić information content (AvgIpc) is 3.42. The number of ether oxygens (including phenoxy) is 1. The molecule has 0 radical (unpaired) electrons. The smallest absolute Gasteiger partial charge is 0.376 e. The number of carbonyl (C=O) groups excluding carboxylic acids is 1. The second-order valence-electron chi connectivity index (χ2n) is 7.49. The van der Waals surface area contributed by atoms with Crippen molar-refractivity contribution in [3.63, 3.8) is 0 Å². The van der Waals surface area contributed by atoms with E-state index in [0.717, 1.165) is 54.9 Å². The molecule has 4 rings (SSSR count). The molecule has 0 aliphatic carbocycles. The van der Waals surface area contributed by atoms with Gasteiger partial charge in [0.25, 0.3) is 0 Å². The van der Waals surface area contributed by atoms with Crippen molar-refractivity contribution in [2.45, 2.75) is 50.7 Å². The third kappa shape index (κ3) is 4.47. The van der Waals surface area contributed by atoms with Crippen molar-refractivity contribution in [2.24, 2.45) is 0 Å². The summed E-state index contributed by atoms with van der Waals surface area (Å²) in [6.45, 7) is 5.30. The zero-order valence-electron chi connectivity index (χ0n) is 16.9. The summed E-state index contributed by atoms with van der Waals surface area (Å²) in [5.41, 5.74) is 1.61. The summed E-state index contributed by atoms with van der Waals surface area (Å²) in [7, 11) is 0. The van der Waals surface area contributed by atoms with Crippen molar-refractivity contribution in [1.82, 2.24) is 19.2 Å². The van der Waals surface area contributed by atoms with Crippen LogP contribution in [0.3, 0.4) is 0 Å². The molecule has 1 saturated heterocycles. The first-order chi connectivity index (χ1) is 14.6. The van der Waals surface area contributed by atoms with Crippen LogP contribution in [0, 0.1) is 13.8 Å². The lowest BCUT2D eigenvalue weighted by molar-refractivity contribution is -0.137. The van der Waals surface area contributed by atoms with Gasteiger partial charge < -0.3 is 9.30 Å². The molecule has 166 valence electrons. The van der Waals surface area contributed by atoms with E-state index in [2.05, 4.69) is 14.8 Å². The molecule has 0 N–H and O–H groups in total. The fourth-order valence-corrected chi connectivity index (χ4v) is 4.79. The Morgan fingerprint density at radius 3 is 2.77 bits per heavy atom. The highest BCUT2D eigenvalue weighted by Gasteiger charge is 2.32. The van der Waals surface area contributed by atoms with Gasteiger partial charge in [0.1, 0.15) is 0 Å². The maximum absolute atomic E-state index is 13.1. The van der Waals surface area contributed by atoms with Gasteiger partial charge in [0.2, 0.25) is 0 Å². The zero-order chi connectivity index (χ0) is 22.3. The Kier molecular flexibility index (Phi) is 6.06. The normalized spacial score (nSPS) is 17.0. The van der Waals surface area contributed by atoms with Crippen LogP contribution in [-0.2, 0) is 17.5 Å². The Balaban J connectivity index is 1.53. The summed E-state index contributed by atoms with van der Waals surface area (Å²) >= 11 is 6.96. The van der Waals surface area contributed by atoms with Crippen molar-refractivity contribution in [1.29, 1.82) is 0 Å². The minimum absolute atomic E-state index is 0.0128. The third-order valence-corrected chi connectivity index (χ3v) is 6.59. The molecule has 3 aromatic heterocycles. The number of aromatic nitrogens is 4. The van der Waals surface area contributed by atoms with Crippen LogP contribution >= 0.6 is 23.4 Å². The van der Waals surface area contributed by atoms with Gasteiger partial charge in [-0.3, -0.25) is 9.20 Å². The first-order valence-electron chi connectivity index (χ1n) is 9.71. The van der Waals surface area contributed by atoms with Gasteiger partial charge in [-0.05, 0) is 38.8 Å². The summed E-state index contributed by atoms with van der Waals surface area (Å²) in [6, 6.07) is 2.65. The number of fused-ring (bicyclic) bond motifs is 1. The van der Waals surface area contributed by atoms with E-state index in [4.69, 9.17) is 16.3 Å². The van der Waals surface area contributed by atoms with Crippen molar-refractivity contribution < 1.29 is 22.7 Å². The minimum atomic E-state index is -4.56. The fourth-order valence-electron chi connectivity index (χ4n) is 3.75. The lowest BCUT2D eigenvalue weighted by Gasteiger charge is -2.14. The van der Waals surface area contributed by atoms with Crippen LogP contribution in [0.1, 0.15) is 40.2 Å². The van der Waals surface area contributed by atoms with Gasteiger partial charge >= 0.3 is 6.18 Å². The lowest BCUT2D eigenvalue weighted by atomic mass is 10.2. The number of thioether (sulfide) groups is 1. The van der Waals surface area contributed by atoms with E-state index in [-0.39, 0.29) is 33.5 Å². The van der Waals surface area contributed by atoms with Gasteiger partial charge in [0.15, 0.2) is 16.6 Å². The number of hydrogen-bond acceptors (Lipinski definition) is 5. The Morgan fingerprint density at radius 2 is 2.10 bits per heavy atom. The predicted molar refractivity (Wildman–Crippen MR) is 111 cm³/mol. The van der Waals surface area contributed by atoms with E-state index in [1.807, 2.05) is 19.9 Å². The first-order valence-corrected chi connectivity index (χ1v) is 11.1. The topological polar surface area (TPSA) is 61.4 Å². The molecule has 1 atom stereocenters. The van der Waals surface area contributed by atoms with Gasteiger partial charge in [0.05, 0.1) is 22.4 Å². The number of nitrogens with zero attached hydrogens (tertiary/aromatic N) is 4. The summed E-state index contributed by atoms with van der Waals surface area (Å²) < 4.78 is 48.3. The van der Waals surface area contributed by atoms with Gasteiger partial charge in [-0.15, -0.1) is 10.2 Å². The molecule has 1 unspecified atom stereocenters. The van der Waals surface area contributed by atoms with Gasteiger partial charge in [-0.1, -0.05) is 23.4 Å².